The highest BCUT2D eigenvalue weighted by molar-refractivity contribution is 4.70. The number of aliphatic hydroxyl groups excluding tert-OH is 1. The van der Waals surface area contributed by atoms with Crippen LogP contribution >= 0.6 is 0 Å². The van der Waals surface area contributed by atoms with Crippen molar-refractivity contribution >= 4 is 0 Å². The minimum absolute atomic E-state index is 0.00120. The lowest BCUT2D eigenvalue weighted by Gasteiger charge is -2.27. The molecule has 0 radical (unpaired) electrons. The third-order valence-corrected chi connectivity index (χ3v) is 1.86. The highest BCUT2D eigenvalue weighted by Gasteiger charge is 2.20. The van der Waals surface area contributed by atoms with E-state index in [9.17, 15) is 0 Å². The van der Waals surface area contributed by atoms with E-state index < -0.39 is 0 Å². The molecule has 1 N–H and O–H groups in total. The summed E-state index contributed by atoms with van der Waals surface area (Å²) in [5.74, 6) is 0. The lowest BCUT2D eigenvalue weighted by molar-refractivity contribution is -0.0761. The van der Waals surface area contributed by atoms with Crippen LogP contribution in [0.25, 0.3) is 0 Å². The quantitative estimate of drug-likeness (QED) is 0.603. The van der Waals surface area contributed by atoms with Gasteiger partial charge in [-0.2, -0.15) is 0 Å². The van der Waals surface area contributed by atoms with Gasteiger partial charge in [-0.15, -0.1) is 0 Å². The Bertz CT molecular complexity index is 84.9. The van der Waals surface area contributed by atoms with E-state index in [1.165, 1.54) is 0 Å². The third kappa shape index (κ3) is 1.94. The zero-order valence-electron chi connectivity index (χ0n) is 6.25. The van der Waals surface area contributed by atoms with Crippen molar-refractivity contribution < 1.29 is 14.6 Å². The van der Waals surface area contributed by atoms with Gasteiger partial charge in [0, 0.05) is 20.1 Å². The van der Waals surface area contributed by atoms with Gasteiger partial charge in [-0.25, -0.2) is 0 Å². The van der Waals surface area contributed by atoms with E-state index in [0.717, 1.165) is 12.8 Å². The Hall–Kier alpha value is -0.120. The van der Waals surface area contributed by atoms with Crippen molar-refractivity contribution in [3.05, 3.63) is 0 Å². The first-order valence-corrected chi connectivity index (χ1v) is 3.62. The topological polar surface area (TPSA) is 38.7 Å². The number of aliphatic hydroxyl groups is 1. The fourth-order valence-corrected chi connectivity index (χ4v) is 1.19. The molecule has 0 aliphatic carbocycles. The summed E-state index contributed by atoms with van der Waals surface area (Å²) >= 11 is 0. The van der Waals surface area contributed by atoms with Gasteiger partial charge in [0.2, 0.25) is 0 Å². The largest absolute Gasteiger partial charge is 0.394 e. The van der Waals surface area contributed by atoms with Gasteiger partial charge in [0.15, 0.2) is 0 Å². The van der Waals surface area contributed by atoms with E-state index in [2.05, 4.69) is 0 Å². The highest BCUT2D eigenvalue weighted by Crippen LogP contribution is 2.15. The predicted molar refractivity (Wildman–Crippen MR) is 36.9 cm³/mol. The lowest BCUT2D eigenvalue weighted by atomic mass is 10.1. The van der Waals surface area contributed by atoms with Crippen molar-refractivity contribution in [3.63, 3.8) is 0 Å². The van der Waals surface area contributed by atoms with Gasteiger partial charge in [-0.1, -0.05) is 0 Å². The maximum absolute atomic E-state index is 8.72. The number of ether oxygens (including phenoxy) is 2. The summed E-state index contributed by atoms with van der Waals surface area (Å²) in [6.45, 7) is 0.823. The number of hydrogen-bond acceptors (Lipinski definition) is 3. The van der Waals surface area contributed by atoms with Crippen molar-refractivity contribution in [2.24, 2.45) is 0 Å². The van der Waals surface area contributed by atoms with Crippen molar-refractivity contribution in [1.29, 1.82) is 0 Å². The second-order valence-corrected chi connectivity index (χ2v) is 2.56. The van der Waals surface area contributed by atoms with E-state index in [0.29, 0.717) is 6.61 Å². The maximum atomic E-state index is 8.72. The van der Waals surface area contributed by atoms with Crippen molar-refractivity contribution in [2.75, 3.05) is 20.3 Å². The molecule has 1 aliphatic rings. The van der Waals surface area contributed by atoms with Crippen LogP contribution in [0.15, 0.2) is 0 Å². The van der Waals surface area contributed by atoms with Crippen LogP contribution in [0.2, 0.25) is 0 Å². The van der Waals surface area contributed by atoms with Gasteiger partial charge in [-0.3, -0.25) is 0 Å². The second kappa shape index (κ2) is 3.91. The molecule has 0 bridgehead atoms. The van der Waals surface area contributed by atoms with Crippen LogP contribution in [0.5, 0.6) is 0 Å². The normalized spacial score (nSPS) is 34.2. The Morgan fingerprint density at radius 3 is 3.10 bits per heavy atom. The molecule has 3 nitrogen and oxygen atoms in total. The van der Waals surface area contributed by atoms with E-state index >= 15 is 0 Å². The van der Waals surface area contributed by atoms with Crippen LogP contribution in [0.3, 0.4) is 0 Å². The van der Waals surface area contributed by atoms with E-state index in [-0.39, 0.29) is 18.8 Å². The standard InChI is InChI=1S/C7H14O3/c1-9-6-2-3-10-7(4-6)5-8/h6-8H,2-5H2,1H3/t6-,7+/m1/s1. The average molecular weight is 146 g/mol. The zero-order valence-corrected chi connectivity index (χ0v) is 6.25. The average Bonchev–Trinajstić information content (AvgIpc) is 2.05. The summed E-state index contributed by atoms with van der Waals surface area (Å²) < 4.78 is 10.4. The first-order valence-electron chi connectivity index (χ1n) is 3.62. The van der Waals surface area contributed by atoms with Crippen LogP contribution in [0.1, 0.15) is 12.8 Å². The molecule has 0 unspecified atom stereocenters. The van der Waals surface area contributed by atoms with Crippen molar-refractivity contribution in [3.8, 4) is 0 Å². The minimum Gasteiger partial charge on any atom is -0.394 e. The molecule has 1 aliphatic heterocycles. The Balaban J connectivity index is 2.25. The van der Waals surface area contributed by atoms with Crippen LogP contribution < -0.4 is 0 Å². The summed E-state index contributed by atoms with van der Waals surface area (Å²) in [4.78, 5) is 0. The number of rotatable bonds is 2. The second-order valence-electron chi connectivity index (χ2n) is 2.56. The molecule has 0 spiro atoms. The molecule has 3 heteroatoms. The first-order chi connectivity index (χ1) is 4.86. The predicted octanol–water partition coefficient (Wildman–Crippen LogP) is 0.173. The summed E-state index contributed by atoms with van der Waals surface area (Å²) in [5, 5.41) is 8.72. The van der Waals surface area contributed by atoms with Gasteiger partial charge in [0.1, 0.15) is 0 Å². The minimum atomic E-state index is -0.00120. The van der Waals surface area contributed by atoms with Gasteiger partial charge in [0.05, 0.1) is 18.8 Å². The van der Waals surface area contributed by atoms with Crippen LogP contribution in [0.4, 0.5) is 0 Å². The fraction of sp³-hybridized carbons (Fsp3) is 1.00. The Morgan fingerprint density at radius 1 is 1.70 bits per heavy atom. The van der Waals surface area contributed by atoms with Gasteiger partial charge in [-0.05, 0) is 6.42 Å². The summed E-state index contributed by atoms with van der Waals surface area (Å²) in [6.07, 6.45) is 2.06. The Kier molecular flexibility index (Phi) is 3.12. The number of methoxy groups -OCH3 is 1. The molecular weight excluding hydrogens is 132 g/mol. The first kappa shape index (κ1) is 7.98. The Morgan fingerprint density at radius 2 is 2.50 bits per heavy atom. The zero-order chi connectivity index (χ0) is 7.40. The van der Waals surface area contributed by atoms with Crippen LogP contribution in [0, 0.1) is 0 Å². The molecule has 60 valence electrons. The molecule has 1 saturated heterocycles. The van der Waals surface area contributed by atoms with E-state index in [4.69, 9.17) is 14.6 Å². The van der Waals surface area contributed by atoms with Gasteiger partial charge >= 0.3 is 0 Å². The highest BCUT2D eigenvalue weighted by atomic mass is 16.5. The molecule has 10 heavy (non-hydrogen) atoms. The molecule has 1 heterocycles. The SMILES string of the molecule is CO[C@@H]1CCO[C@H](CO)C1. The molecule has 0 aromatic heterocycles. The molecule has 0 aromatic carbocycles. The van der Waals surface area contributed by atoms with Gasteiger partial charge in [0.25, 0.3) is 0 Å². The van der Waals surface area contributed by atoms with E-state index in [1.807, 2.05) is 0 Å². The smallest absolute Gasteiger partial charge is 0.0830 e. The molecule has 0 saturated carbocycles. The maximum Gasteiger partial charge on any atom is 0.0830 e. The summed E-state index contributed by atoms with van der Waals surface area (Å²) in [7, 11) is 1.70. The molecule has 0 amide bonds. The summed E-state index contributed by atoms with van der Waals surface area (Å²) in [6, 6.07) is 0. The molecule has 1 fully saturated rings. The summed E-state index contributed by atoms with van der Waals surface area (Å²) in [5.41, 5.74) is 0. The third-order valence-electron chi connectivity index (χ3n) is 1.86. The lowest BCUT2D eigenvalue weighted by Crippen LogP contribution is -2.32. The Labute approximate surface area is 60.9 Å². The van der Waals surface area contributed by atoms with Gasteiger partial charge < -0.3 is 14.6 Å². The monoisotopic (exact) mass is 146 g/mol. The molecular formula is C7H14O3. The van der Waals surface area contributed by atoms with Crippen molar-refractivity contribution in [1.82, 2.24) is 0 Å². The fourth-order valence-electron chi connectivity index (χ4n) is 1.19. The van der Waals surface area contributed by atoms with E-state index in [1.54, 1.807) is 7.11 Å². The van der Waals surface area contributed by atoms with Crippen LogP contribution in [-0.4, -0.2) is 37.6 Å². The molecule has 2 atom stereocenters. The number of hydrogen-bond donors (Lipinski definition) is 1. The molecule has 1 rings (SSSR count). The van der Waals surface area contributed by atoms with Crippen molar-refractivity contribution in [2.45, 2.75) is 25.0 Å². The molecule has 0 aromatic rings. The van der Waals surface area contributed by atoms with Crippen LogP contribution in [-0.2, 0) is 9.47 Å².